The number of benzene rings is 3. The van der Waals surface area contributed by atoms with Crippen molar-refractivity contribution in [3.8, 4) is 5.75 Å². The van der Waals surface area contributed by atoms with E-state index in [-0.39, 0.29) is 5.91 Å². The topological polar surface area (TPSA) is 54.1 Å². The third-order valence-electron chi connectivity index (χ3n) is 4.21. The van der Waals surface area contributed by atoms with Crippen molar-refractivity contribution >= 4 is 45.7 Å². The molecule has 4 rings (SSSR count). The number of amides is 1. The molecule has 1 amide bonds. The van der Waals surface area contributed by atoms with Gasteiger partial charge in [0, 0.05) is 32.7 Å². The first-order valence-electron chi connectivity index (χ1n) is 8.64. The minimum absolute atomic E-state index is 0.277. The highest BCUT2D eigenvalue weighted by atomic mass is 35.5. The second kappa shape index (κ2) is 7.97. The molecule has 3 aromatic carbocycles. The first-order chi connectivity index (χ1) is 13.6. The van der Waals surface area contributed by atoms with Crippen molar-refractivity contribution in [3.63, 3.8) is 0 Å². The summed E-state index contributed by atoms with van der Waals surface area (Å²) in [6.07, 6.45) is 0. The Bertz CT molecular complexity index is 1120. The highest BCUT2D eigenvalue weighted by molar-refractivity contribution is 6.35. The molecule has 0 bridgehead atoms. The van der Waals surface area contributed by atoms with Crippen LogP contribution in [0.4, 0.5) is 5.69 Å². The highest BCUT2D eigenvalue weighted by Gasteiger charge is 2.11. The van der Waals surface area contributed by atoms with E-state index < -0.39 is 0 Å². The average molecular weight is 411 g/mol. The average Bonchev–Trinajstić information content (AvgIpc) is 3.10. The van der Waals surface area contributed by atoms with Crippen molar-refractivity contribution in [2.24, 2.45) is 0 Å². The van der Waals surface area contributed by atoms with Crippen molar-refractivity contribution in [3.05, 3.63) is 94.1 Å². The standard InChI is InChI=1S/C22H16Cl2N2O2/c23-16-9-17(24)11-18(10-16)25-22(27)21-8-15-6-7-19(12-20(15)26-21)28-13-14-4-2-1-3-5-14/h1-12,26H,13H2,(H,25,27). The molecule has 0 unspecified atom stereocenters. The number of nitrogens with one attached hydrogen (secondary N) is 2. The Morgan fingerprint density at radius 2 is 1.68 bits per heavy atom. The van der Waals surface area contributed by atoms with E-state index in [1.807, 2.05) is 48.5 Å². The number of ether oxygens (including phenoxy) is 1. The third-order valence-corrected chi connectivity index (χ3v) is 4.64. The van der Waals surface area contributed by atoms with Crippen LogP contribution >= 0.6 is 23.2 Å². The summed E-state index contributed by atoms with van der Waals surface area (Å²) in [6, 6.07) is 22.3. The first kappa shape index (κ1) is 18.4. The number of aromatic nitrogens is 1. The molecule has 4 nitrogen and oxygen atoms in total. The van der Waals surface area contributed by atoms with Gasteiger partial charge in [-0.15, -0.1) is 0 Å². The summed E-state index contributed by atoms with van der Waals surface area (Å²) in [5, 5.41) is 4.63. The highest BCUT2D eigenvalue weighted by Crippen LogP contribution is 2.25. The molecule has 1 aromatic heterocycles. The van der Waals surface area contributed by atoms with Gasteiger partial charge in [-0.05, 0) is 42.0 Å². The molecule has 2 N–H and O–H groups in total. The molecule has 0 aliphatic rings. The van der Waals surface area contributed by atoms with Crippen molar-refractivity contribution in [2.75, 3.05) is 5.32 Å². The summed E-state index contributed by atoms with van der Waals surface area (Å²) in [5.74, 6) is 0.452. The molecule has 1 heterocycles. The van der Waals surface area contributed by atoms with Gasteiger partial charge in [0.2, 0.25) is 0 Å². The van der Waals surface area contributed by atoms with E-state index >= 15 is 0 Å². The molecule has 0 aliphatic heterocycles. The normalized spacial score (nSPS) is 10.8. The number of hydrogen-bond acceptors (Lipinski definition) is 2. The zero-order valence-electron chi connectivity index (χ0n) is 14.7. The minimum Gasteiger partial charge on any atom is -0.489 e. The second-order valence-electron chi connectivity index (χ2n) is 6.32. The van der Waals surface area contributed by atoms with Gasteiger partial charge in [-0.3, -0.25) is 4.79 Å². The van der Waals surface area contributed by atoms with Crippen molar-refractivity contribution in [2.45, 2.75) is 6.61 Å². The maximum absolute atomic E-state index is 12.5. The number of carbonyl (C=O) groups excluding carboxylic acids is 1. The predicted molar refractivity (Wildman–Crippen MR) is 113 cm³/mol. The van der Waals surface area contributed by atoms with Gasteiger partial charge in [0.25, 0.3) is 5.91 Å². The third kappa shape index (κ3) is 4.30. The van der Waals surface area contributed by atoms with Gasteiger partial charge in [0.15, 0.2) is 0 Å². The number of anilines is 1. The van der Waals surface area contributed by atoms with Crippen molar-refractivity contribution in [1.29, 1.82) is 0 Å². The number of fused-ring (bicyclic) bond motifs is 1. The van der Waals surface area contributed by atoms with Gasteiger partial charge >= 0.3 is 0 Å². The molecular weight excluding hydrogens is 395 g/mol. The number of halogens is 2. The molecule has 4 aromatic rings. The lowest BCUT2D eigenvalue weighted by molar-refractivity contribution is 0.102. The van der Waals surface area contributed by atoms with Gasteiger partial charge < -0.3 is 15.0 Å². The summed E-state index contributed by atoms with van der Waals surface area (Å²) in [6.45, 7) is 0.482. The van der Waals surface area contributed by atoms with E-state index in [1.54, 1.807) is 24.3 Å². The van der Waals surface area contributed by atoms with Crippen LogP contribution in [-0.4, -0.2) is 10.9 Å². The molecule has 0 fully saturated rings. The van der Waals surface area contributed by atoms with Crippen LogP contribution in [0.5, 0.6) is 5.75 Å². The Morgan fingerprint density at radius 1 is 0.929 bits per heavy atom. The maximum Gasteiger partial charge on any atom is 0.272 e. The van der Waals surface area contributed by atoms with Crippen LogP contribution in [-0.2, 0) is 6.61 Å². The van der Waals surface area contributed by atoms with Crippen molar-refractivity contribution < 1.29 is 9.53 Å². The molecule has 0 saturated carbocycles. The lowest BCUT2D eigenvalue weighted by Gasteiger charge is -2.06. The maximum atomic E-state index is 12.5. The van der Waals surface area contributed by atoms with Crippen LogP contribution < -0.4 is 10.1 Å². The van der Waals surface area contributed by atoms with E-state index in [2.05, 4.69) is 10.3 Å². The Morgan fingerprint density at radius 3 is 2.43 bits per heavy atom. The first-order valence-corrected chi connectivity index (χ1v) is 9.39. The Kier molecular flexibility index (Phi) is 5.24. The summed E-state index contributed by atoms with van der Waals surface area (Å²) in [4.78, 5) is 15.7. The van der Waals surface area contributed by atoms with Crippen LogP contribution in [0.3, 0.4) is 0 Å². The van der Waals surface area contributed by atoms with E-state index in [4.69, 9.17) is 27.9 Å². The van der Waals surface area contributed by atoms with Crippen molar-refractivity contribution in [1.82, 2.24) is 4.98 Å². The van der Waals surface area contributed by atoms with E-state index in [0.29, 0.717) is 28.0 Å². The van der Waals surface area contributed by atoms with Crippen LogP contribution in [0.25, 0.3) is 10.9 Å². The van der Waals surface area contributed by atoms with Gasteiger partial charge in [-0.1, -0.05) is 53.5 Å². The minimum atomic E-state index is -0.277. The molecule has 0 spiro atoms. The summed E-state index contributed by atoms with van der Waals surface area (Å²) in [7, 11) is 0. The van der Waals surface area contributed by atoms with Gasteiger partial charge in [0.05, 0.1) is 0 Å². The zero-order chi connectivity index (χ0) is 19.5. The SMILES string of the molecule is O=C(Nc1cc(Cl)cc(Cl)c1)c1cc2ccc(OCc3ccccc3)cc2[nH]1. The fourth-order valence-corrected chi connectivity index (χ4v) is 3.41. The molecule has 0 aliphatic carbocycles. The van der Waals surface area contributed by atoms with Crippen LogP contribution in [0, 0.1) is 0 Å². The summed E-state index contributed by atoms with van der Waals surface area (Å²) < 4.78 is 5.84. The summed E-state index contributed by atoms with van der Waals surface area (Å²) in [5.41, 5.74) is 2.88. The van der Waals surface area contributed by atoms with Gasteiger partial charge in [-0.2, -0.15) is 0 Å². The van der Waals surface area contributed by atoms with E-state index in [0.717, 1.165) is 22.2 Å². The van der Waals surface area contributed by atoms with Crippen LogP contribution in [0.2, 0.25) is 10.0 Å². The van der Waals surface area contributed by atoms with Crippen LogP contribution in [0.1, 0.15) is 16.1 Å². The second-order valence-corrected chi connectivity index (χ2v) is 7.19. The zero-order valence-corrected chi connectivity index (χ0v) is 16.2. The lowest BCUT2D eigenvalue weighted by Crippen LogP contribution is -2.12. The van der Waals surface area contributed by atoms with Gasteiger partial charge in [-0.25, -0.2) is 0 Å². The number of rotatable bonds is 5. The Labute approximate surface area is 172 Å². The summed E-state index contributed by atoms with van der Waals surface area (Å²) >= 11 is 12.0. The quantitative estimate of drug-likeness (QED) is 0.405. The largest absolute Gasteiger partial charge is 0.489 e. The molecule has 28 heavy (non-hydrogen) atoms. The lowest BCUT2D eigenvalue weighted by atomic mass is 10.2. The molecule has 0 saturated heterocycles. The number of aromatic amines is 1. The Balaban J connectivity index is 1.50. The van der Waals surface area contributed by atoms with Gasteiger partial charge in [0.1, 0.15) is 18.1 Å². The smallest absolute Gasteiger partial charge is 0.272 e. The number of carbonyl (C=O) groups is 1. The molecule has 0 atom stereocenters. The molecular formula is C22H16Cl2N2O2. The number of hydrogen-bond donors (Lipinski definition) is 2. The van der Waals surface area contributed by atoms with E-state index in [9.17, 15) is 4.79 Å². The number of H-pyrrole nitrogens is 1. The van der Waals surface area contributed by atoms with Crippen LogP contribution in [0.15, 0.2) is 72.8 Å². The Hall–Kier alpha value is -2.95. The monoisotopic (exact) mass is 410 g/mol. The predicted octanol–water partition coefficient (Wildman–Crippen LogP) is 6.31. The fourth-order valence-electron chi connectivity index (χ4n) is 2.88. The van der Waals surface area contributed by atoms with E-state index in [1.165, 1.54) is 0 Å². The molecule has 0 radical (unpaired) electrons. The molecule has 6 heteroatoms. The fraction of sp³-hybridized carbons (Fsp3) is 0.0455. The molecule has 140 valence electrons.